The molecule has 1 aliphatic rings. The summed E-state index contributed by atoms with van der Waals surface area (Å²) >= 11 is 0. The molecule has 0 amide bonds. The summed E-state index contributed by atoms with van der Waals surface area (Å²) in [5.41, 5.74) is 1.17. The van der Waals surface area contributed by atoms with Crippen LogP contribution in [0.25, 0.3) is 6.08 Å². The fraction of sp³-hybridized carbons (Fsp3) is 0.467. The van der Waals surface area contributed by atoms with Crippen molar-refractivity contribution in [3.05, 3.63) is 36.4 Å². The summed E-state index contributed by atoms with van der Waals surface area (Å²) in [6.45, 7) is 8.27. The van der Waals surface area contributed by atoms with Gasteiger partial charge in [-0.05, 0) is 49.8 Å². The molecule has 0 aromatic heterocycles. The number of ether oxygens (including phenoxy) is 1. The van der Waals surface area contributed by atoms with Crippen molar-refractivity contribution in [1.82, 2.24) is 0 Å². The number of rotatable bonds is 3. The van der Waals surface area contributed by atoms with Gasteiger partial charge in [-0.25, -0.2) is 0 Å². The smallest absolute Gasteiger partial charge is 0.120 e. The molecule has 2 unspecified atom stereocenters. The molecule has 0 bridgehead atoms. The summed E-state index contributed by atoms with van der Waals surface area (Å²) in [5.74, 6) is 1.76. The van der Waals surface area contributed by atoms with Crippen molar-refractivity contribution in [2.75, 3.05) is 0 Å². The van der Waals surface area contributed by atoms with E-state index in [4.69, 9.17) is 4.74 Å². The van der Waals surface area contributed by atoms with Crippen LogP contribution in [-0.2, 0) is 0 Å². The molecular weight excluding hydrogens is 196 g/mol. The molecule has 0 N–H and O–H groups in total. The highest BCUT2D eigenvalue weighted by molar-refractivity contribution is 5.48. The quantitative estimate of drug-likeness (QED) is 0.732. The lowest BCUT2D eigenvalue weighted by molar-refractivity contribution is 0.0929. The van der Waals surface area contributed by atoms with E-state index in [1.165, 1.54) is 6.42 Å². The number of hydrogen-bond donors (Lipinski definition) is 0. The molecule has 0 heterocycles. The van der Waals surface area contributed by atoms with Crippen LogP contribution in [0.2, 0.25) is 0 Å². The second-order valence-electron chi connectivity index (χ2n) is 5.17. The van der Waals surface area contributed by atoms with Gasteiger partial charge in [0.25, 0.3) is 0 Å². The van der Waals surface area contributed by atoms with E-state index in [9.17, 15) is 0 Å². The molecule has 1 saturated carbocycles. The van der Waals surface area contributed by atoms with Crippen molar-refractivity contribution in [1.29, 1.82) is 0 Å². The van der Waals surface area contributed by atoms with Crippen LogP contribution in [0, 0.1) is 5.92 Å². The Kier molecular flexibility index (Phi) is 3.04. The van der Waals surface area contributed by atoms with Gasteiger partial charge in [-0.15, -0.1) is 0 Å². The maximum atomic E-state index is 6.10. The van der Waals surface area contributed by atoms with E-state index in [0.29, 0.717) is 0 Å². The van der Waals surface area contributed by atoms with Crippen LogP contribution < -0.4 is 4.74 Å². The van der Waals surface area contributed by atoms with Crippen LogP contribution in [0.1, 0.15) is 38.7 Å². The van der Waals surface area contributed by atoms with E-state index < -0.39 is 0 Å². The molecule has 1 aliphatic carbocycles. The Morgan fingerprint density at radius 2 is 2.06 bits per heavy atom. The van der Waals surface area contributed by atoms with Crippen molar-refractivity contribution < 1.29 is 4.74 Å². The number of hydrogen-bond acceptors (Lipinski definition) is 1. The van der Waals surface area contributed by atoms with E-state index in [2.05, 4.69) is 20.4 Å². The highest BCUT2D eigenvalue weighted by Crippen LogP contribution is 2.37. The molecule has 2 rings (SSSR count). The van der Waals surface area contributed by atoms with Crippen molar-refractivity contribution >= 4 is 6.08 Å². The molecule has 0 spiro atoms. The maximum absolute atomic E-state index is 6.10. The van der Waals surface area contributed by atoms with E-state index in [1.54, 1.807) is 0 Å². The molecule has 2 atom stereocenters. The van der Waals surface area contributed by atoms with E-state index in [0.717, 1.165) is 30.1 Å². The molecule has 86 valence electrons. The third kappa shape index (κ3) is 2.46. The van der Waals surface area contributed by atoms with E-state index in [-0.39, 0.29) is 5.60 Å². The Morgan fingerprint density at radius 1 is 1.38 bits per heavy atom. The van der Waals surface area contributed by atoms with Crippen LogP contribution in [0.15, 0.2) is 30.8 Å². The van der Waals surface area contributed by atoms with Crippen LogP contribution >= 0.6 is 0 Å². The normalized spacial score (nSPS) is 29.0. The summed E-state index contributed by atoms with van der Waals surface area (Å²) in [5, 5.41) is 0. The first-order valence-corrected chi connectivity index (χ1v) is 6.03. The van der Waals surface area contributed by atoms with Gasteiger partial charge < -0.3 is 4.74 Å². The third-order valence-electron chi connectivity index (χ3n) is 3.43. The predicted octanol–water partition coefficient (Wildman–Crippen LogP) is 4.29. The summed E-state index contributed by atoms with van der Waals surface area (Å²) in [6, 6.07) is 8.16. The largest absolute Gasteiger partial charge is 0.488 e. The van der Waals surface area contributed by atoms with Crippen LogP contribution in [0.5, 0.6) is 5.75 Å². The molecule has 0 saturated heterocycles. The van der Waals surface area contributed by atoms with Crippen LogP contribution in [-0.4, -0.2) is 5.60 Å². The summed E-state index contributed by atoms with van der Waals surface area (Å²) in [7, 11) is 0. The fourth-order valence-corrected chi connectivity index (χ4v) is 2.54. The fourth-order valence-electron chi connectivity index (χ4n) is 2.54. The lowest BCUT2D eigenvalue weighted by atomic mass is 10.0. The SMILES string of the molecule is C=Cc1ccc(OC2(C)CCC(C)C2)cc1. The molecule has 1 aromatic carbocycles. The standard InChI is InChI=1S/C15H20O/c1-4-13-5-7-14(8-6-13)16-15(3)10-9-12(2)11-15/h4-8,12H,1,9-11H2,2-3H3. The van der Waals surface area contributed by atoms with Gasteiger partial charge in [-0.2, -0.15) is 0 Å². The molecule has 1 aromatic rings. The topological polar surface area (TPSA) is 9.23 Å². The minimum atomic E-state index is 0.0368. The molecule has 0 radical (unpaired) electrons. The maximum Gasteiger partial charge on any atom is 0.120 e. The average Bonchev–Trinajstić information content (AvgIpc) is 2.59. The molecular formula is C15H20O. The Bertz CT molecular complexity index is 366. The Hall–Kier alpha value is -1.24. The molecule has 1 nitrogen and oxygen atoms in total. The van der Waals surface area contributed by atoms with Gasteiger partial charge in [-0.3, -0.25) is 0 Å². The monoisotopic (exact) mass is 216 g/mol. The first kappa shape index (κ1) is 11.3. The molecule has 1 fully saturated rings. The van der Waals surface area contributed by atoms with Crippen molar-refractivity contribution in [3.8, 4) is 5.75 Å². The average molecular weight is 216 g/mol. The van der Waals surface area contributed by atoms with E-state index in [1.807, 2.05) is 30.3 Å². The van der Waals surface area contributed by atoms with Gasteiger partial charge in [0.15, 0.2) is 0 Å². The summed E-state index contributed by atoms with van der Waals surface area (Å²) < 4.78 is 6.10. The van der Waals surface area contributed by atoms with Gasteiger partial charge in [0.05, 0.1) is 0 Å². The van der Waals surface area contributed by atoms with Gasteiger partial charge in [0.1, 0.15) is 11.4 Å². The van der Waals surface area contributed by atoms with Gasteiger partial charge in [0, 0.05) is 0 Å². The highest BCUT2D eigenvalue weighted by atomic mass is 16.5. The Morgan fingerprint density at radius 3 is 2.56 bits per heavy atom. The third-order valence-corrected chi connectivity index (χ3v) is 3.43. The van der Waals surface area contributed by atoms with Crippen LogP contribution in [0.3, 0.4) is 0 Å². The first-order chi connectivity index (χ1) is 7.61. The lowest BCUT2D eigenvalue weighted by Gasteiger charge is -2.26. The second-order valence-corrected chi connectivity index (χ2v) is 5.17. The van der Waals surface area contributed by atoms with Crippen molar-refractivity contribution in [3.63, 3.8) is 0 Å². The van der Waals surface area contributed by atoms with E-state index >= 15 is 0 Å². The van der Waals surface area contributed by atoms with Gasteiger partial charge >= 0.3 is 0 Å². The predicted molar refractivity (Wildman–Crippen MR) is 68.6 cm³/mol. The summed E-state index contributed by atoms with van der Waals surface area (Å²) in [4.78, 5) is 0. The van der Waals surface area contributed by atoms with Crippen LogP contribution in [0.4, 0.5) is 0 Å². The zero-order valence-corrected chi connectivity index (χ0v) is 10.2. The number of benzene rings is 1. The molecule has 0 aliphatic heterocycles. The molecule has 16 heavy (non-hydrogen) atoms. The van der Waals surface area contributed by atoms with Crippen molar-refractivity contribution in [2.45, 2.75) is 38.7 Å². The molecule has 1 heteroatoms. The first-order valence-electron chi connectivity index (χ1n) is 6.03. The zero-order valence-electron chi connectivity index (χ0n) is 10.2. The lowest BCUT2D eigenvalue weighted by Crippen LogP contribution is -2.28. The van der Waals surface area contributed by atoms with Gasteiger partial charge in [-0.1, -0.05) is 31.7 Å². The second kappa shape index (κ2) is 4.32. The van der Waals surface area contributed by atoms with Crippen molar-refractivity contribution in [2.24, 2.45) is 5.92 Å². The Balaban J connectivity index is 2.05. The minimum Gasteiger partial charge on any atom is -0.488 e. The summed E-state index contributed by atoms with van der Waals surface area (Å²) in [6.07, 6.45) is 5.46. The zero-order chi connectivity index (χ0) is 11.6. The minimum absolute atomic E-state index is 0.0368. The highest BCUT2D eigenvalue weighted by Gasteiger charge is 2.34. The van der Waals surface area contributed by atoms with Gasteiger partial charge in [0.2, 0.25) is 0 Å². The Labute approximate surface area is 98.1 Å².